The van der Waals surface area contributed by atoms with Crippen molar-refractivity contribution in [3.8, 4) is 0 Å². The third-order valence-electron chi connectivity index (χ3n) is 5.83. The van der Waals surface area contributed by atoms with Gasteiger partial charge < -0.3 is 15.8 Å². The van der Waals surface area contributed by atoms with Crippen LogP contribution in [0.1, 0.15) is 41.8 Å². The van der Waals surface area contributed by atoms with Crippen LogP contribution in [0.15, 0.2) is 65.2 Å². The molecule has 3 N–H and O–H groups in total. The maximum Gasteiger partial charge on any atom is 0.309 e. The standard InChI is InChI=1S/C26H31FN4O3S/c1-17(2)12-13-31(25(32)22-6-4-5-7-23(22)27)18(3)35-24(29-28)20-10-8-19(9-11-20)14-30-15-21(16-30)26(33)34/h4-11,17,21H,3,12-16,28H2,1-2H3,(H,33,34)/b29-24-. The second-order valence-electron chi connectivity index (χ2n) is 8.98. The van der Waals surface area contributed by atoms with Gasteiger partial charge in [-0.25, -0.2) is 4.39 Å². The summed E-state index contributed by atoms with van der Waals surface area (Å²) < 4.78 is 14.3. The van der Waals surface area contributed by atoms with Crippen molar-refractivity contribution in [2.75, 3.05) is 19.6 Å². The molecular weight excluding hydrogens is 467 g/mol. The normalized spacial score (nSPS) is 14.6. The lowest BCUT2D eigenvalue weighted by Crippen LogP contribution is -2.49. The van der Waals surface area contributed by atoms with Crippen LogP contribution in [0.2, 0.25) is 0 Å². The molecule has 186 valence electrons. The molecule has 1 aliphatic rings. The van der Waals surface area contributed by atoms with Crippen LogP contribution in [0.5, 0.6) is 0 Å². The quantitative estimate of drug-likeness (QED) is 0.219. The number of aliphatic carboxylic acids is 1. The van der Waals surface area contributed by atoms with E-state index in [0.29, 0.717) is 42.2 Å². The lowest BCUT2D eigenvalue weighted by atomic mass is 9.99. The number of carboxylic acids is 1. The van der Waals surface area contributed by atoms with Crippen molar-refractivity contribution in [2.24, 2.45) is 22.8 Å². The van der Waals surface area contributed by atoms with Crippen molar-refractivity contribution in [3.05, 3.63) is 82.6 Å². The Morgan fingerprint density at radius 1 is 1.23 bits per heavy atom. The summed E-state index contributed by atoms with van der Waals surface area (Å²) in [5.41, 5.74) is 1.80. The van der Waals surface area contributed by atoms with Crippen LogP contribution in [0.4, 0.5) is 4.39 Å². The number of carbonyl (C=O) groups excluding carboxylic acids is 1. The second-order valence-corrected chi connectivity index (χ2v) is 10.0. The Morgan fingerprint density at radius 3 is 2.46 bits per heavy atom. The first-order chi connectivity index (χ1) is 16.7. The molecule has 0 atom stereocenters. The van der Waals surface area contributed by atoms with Gasteiger partial charge >= 0.3 is 5.97 Å². The van der Waals surface area contributed by atoms with Gasteiger partial charge in [-0.05, 0) is 30.0 Å². The number of likely N-dealkylation sites (tertiary alicyclic amines) is 1. The van der Waals surface area contributed by atoms with Gasteiger partial charge in [0, 0.05) is 31.7 Å². The topological polar surface area (TPSA) is 99.2 Å². The van der Waals surface area contributed by atoms with Gasteiger partial charge in [0.15, 0.2) is 0 Å². The molecule has 2 aromatic carbocycles. The highest BCUT2D eigenvalue weighted by Crippen LogP contribution is 2.27. The van der Waals surface area contributed by atoms with Crippen LogP contribution in [-0.2, 0) is 11.3 Å². The Bertz CT molecular complexity index is 1100. The van der Waals surface area contributed by atoms with Gasteiger partial charge in [-0.1, -0.05) is 68.6 Å². The summed E-state index contributed by atoms with van der Waals surface area (Å²) in [5.74, 6) is 3.94. The number of benzene rings is 2. The predicted octanol–water partition coefficient (Wildman–Crippen LogP) is 4.36. The Kier molecular flexibility index (Phi) is 9.06. The van der Waals surface area contributed by atoms with Crippen LogP contribution >= 0.6 is 11.8 Å². The SMILES string of the molecule is C=C(S/C(=N\N)c1ccc(CN2CC(C(=O)O)C2)cc1)N(CCC(C)C)C(=O)c1ccccc1F. The summed E-state index contributed by atoms with van der Waals surface area (Å²) in [6.07, 6.45) is 0.725. The lowest BCUT2D eigenvalue weighted by Gasteiger charge is -2.36. The van der Waals surface area contributed by atoms with Crippen molar-refractivity contribution in [3.63, 3.8) is 0 Å². The molecule has 9 heteroatoms. The van der Waals surface area contributed by atoms with Gasteiger partial charge in [-0.2, -0.15) is 5.10 Å². The molecule has 0 radical (unpaired) electrons. The summed E-state index contributed by atoms with van der Waals surface area (Å²) in [6.45, 7) is 10.3. The summed E-state index contributed by atoms with van der Waals surface area (Å²) in [7, 11) is 0. The third kappa shape index (κ3) is 6.93. The van der Waals surface area contributed by atoms with Crippen molar-refractivity contribution < 1.29 is 19.1 Å². The van der Waals surface area contributed by atoms with E-state index < -0.39 is 17.7 Å². The zero-order valence-corrected chi connectivity index (χ0v) is 20.8. The second kappa shape index (κ2) is 12.0. The number of carbonyl (C=O) groups is 2. The van der Waals surface area contributed by atoms with E-state index in [1.165, 1.54) is 17.0 Å². The number of amides is 1. The fourth-order valence-corrected chi connectivity index (χ4v) is 4.51. The molecule has 35 heavy (non-hydrogen) atoms. The van der Waals surface area contributed by atoms with E-state index in [1.54, 1.807) is 12.1 Å². The molecule has 1 fully saturated rings. The molecule has 0 bridgehead atoms. The van der Waals surface area contributed by atoms with Gasteiger partial charge in [0.2, 0.25) is 0 Å². The Balaban J connectivity index is 1.69. The van der Waals surface area contributed by atoms with E-state index in [1.807, 2.05) is 24.3 Å². The monoisotopic (exact) mass is 498 g/mol. The Morgan fingerprint density at radius 2 is 1.89 bits per heavy atom. The third-order valence-corrected chi connectivity index (χ3v) is 6.82. The average Bonchev–Trinajstić information content (AvgIpc) is 2.79. The van der Waals surface area contributed by atoms with Crippen LogP contribution in [0.25, 0.3) is 0 Å². The van der Waals surface area contributed by atoms with Crippen LogP contribution in [0.3, 0.4) is 0 Å². The van der Waals surface area contributed by atoms with Crippen LogP contribution in [-0.4, -0.2) is 51.5 Å². The molecule has 1 heterocycles. The van der Waals surface area contributed by atoms with E-state index in [9.17, 15) is 14.0 Å². The zero-order chi connectivity index (χ0) is 25.5. The first-order valence-electron chi connectivity index (χ1n) is 11.4. The molecular formula is C26H31FN4O3S. The van der Waals surface area contributed by atoms with Gasteiger partial charge in [-0.15, -0.1) is 0 Å². The van der Waals surface area contributed by atoms with Gasteiger partial charge in [0.05, 0.1) is 16.5 Å². The number of thioether (sulfide) groups is 1. The average molecular weight is 499 g/mol. The minimum atomic E-state index is -0.756. The molecule has 0 unspecified atom stereocenters. The van der Waals surface area contributed by atoms with Crippen molar-refractivity contribution in [1.82, 2.24) is 9.80 Å². The van der Waals surface area contributed by atoms with Crippen LogP contribution < -0.4 is 5.84 Å². The molecule has 0 saturated carbocycles. The zero-order valence-electron chi connectivity index (χ0n) is 20.0. The maximum absolute atomic E-state index is 14.3. The summed E-state index contributed by atoms with van der Waals surface area (Å²) in [5, 5.41) is 13.8. The first kappa shape index (κ1) is 26.4. The number of nitrogens with zero attached hydrogens (tertiary/aromatic N) is 3. The number of nitrogens with two attached hydrogens (primary N) is 1. The van der Waals surface area contributed by atoms with Gasteiger partial charge in [-0.3, -0.25) is 14.5 Å². The smallest absolute Gasteiger partial charge is 0.309 e. The molecule has 0 aliphatic carbocycles. The van der Waals surface area contributed by atoms with Crippen LogP contribution in [0, 0.1) is 17.7 Å². The Labute approximate surface area is 209 Å². The van der Waals surface area contributed by atoms with E-state index in [0.717, 1.165) is 29.3 Å². The molecule has 1 saturated heterocycles. The minimum absolute atomic E-state index is 0.00951. The largest absolute Gasteiger partial charge is 0.481 e. The van der Waals surface area contributed by atoms with E-state index in [2.05, 4.69) is 30.4 Å². The summed E-state index contributed by atoms with van der Waals surface area (Å²) in [4.78, 5) is 27.7. The van der Waals surface area contributed by atoms with E-state index in [-0.39, 0.29) is 11.5 Å². The molecule has 1 amide bonds. The highest BCUT2D eigenvalue weighted by atomic mass is 32.2. The number of rotatable bonds is 10. The van der Waals surface area contributed by atoms with Gasteiger partial charge in [0.25, 0.3) is 5.91 Å². The van der Waals surface area contributed by atoms with Gasteiger partial charge in [0.1, 0.15) is 10.9 Å². The lowest BCUT2D eigenvalue weighted by molar-refractivity contribution is -0.147. The van der Waals surface area contributed by atoms with Crippen molar-refractivity contribution >= 4 is 28.7 Å². The predicted molar refractivity (Wildman–Crippen MR) is 137 cm³/mol. The number of halogens is 1. The fraction of sp³-hybridized carbons (Fsp3) is 0.346. The number of hydrogen-bond donors (Lipinski definition) is 2. The molecule has 7 nitrogen and oxygen atoms in total. The first-order valence-corrected chi connectivity index (χ1v) is 12.3. The fourth-order valence-electron chi connectivity index (χ4n) is 3.70. The van der Waals surface area contributed by atoms with Crippen molar-refractivity contribution in [2.45, 2.75) is 26.8 Å². The highest BCUT2D eigenvalue weighted by molar-refractivity contribution is 8.17. The Hall–Kier alpha value is -3.17. The van der Waals surface area contributed by atoms with Crippen molar-refractivity contribution in [1.29, 1.82) is 0 Å². The molecule has 1 aliphatic heterocycles. The number of carboxylic acid groups (broad SMARTS) is 1. The maximum atomic E-state index is 14.3. The van der Waals surface area contributed by atoms with E-state index in [4.69, 9.17) is 10.9 Å². The van der Waals surface area contributed by atoms with E-state index >= 15 is 0 Å². The summed E-state index contributed by atoms with van der Waals surface area (Å²) in [6, 6.07) is 13.6. The summed E-state index contributed by atoms with van der Waals surface area (Å²) >= 11 is 1.16. The molecule has 0 aromatic heterocycles. The number of hydrogen-bond acceptors (Lipinski definition) is 6. The molecule has 3 rings (SSSR count). The molecule has 0 spiro atoms. The highest BCUT2D eigenvalue weighted by Gasteiger charge is 2.32. The number of hydrazone groups is 1. The minimum Gasteiger partial charge on any atom is -0.481 e. The molecule has 2 aromatic rings.